The van der Waals surface area contributed by atoms with Gasteiger partial charge in [0.05, 0.1) is 24.5 Å². The number of rotatable bonds is 6. The third-order valence-corrected chi connectivity index (χ3v) is 5.73. The third-order valence-electron chi connectivity index (χ3n) is 5.73. The summed E-state index contributed by atoms with van der Waals surface area (Å²) in [6.07, 6.45) is -0.0879. The Morgan fingerprint density at radius 2 is 1.53 bits per heavy atom. The Morgan fingerprint density at radius 1 is 0.875 bits per heavy atom. The van der Waals surface area contributed by atoms with Gasteiger partial charge in [0.15, 0.2) is 0 Å². The van der Waals surface area contributed by atoms with Gasteiger partial charge in [-0.15, -0.1) is 0 Å². The molecule has 7 heteroatoms. The lowest BCUT2D eigenvalue weighted by molar-refractivity contribution is -0.120. The van der Waals surface area contributed by atoms with Crippen LogP contribution in [0.3, 0.4) is 0 Å². The summed E-state index contributed by atoms with van der Waals surface area (Å²) in [5.41, 5.74) is 2.03. The molecule has 0 aliphatic carbocycles. The van der Waals surface area contributed by atoms with Crippen molar-refractivity contribution < 1.29 is 19.1 Å². The predicted molar refractivity (Wildman–Crippen MR) is 124 cm³/mol. The molecule has 2 aliphatic rings. The van der Waals surface area contributed by atoms with Crippen LogP contribution in [0.4, 0.5) is 5.69 Å². The van der Waals surface area contributed by atoms with Crippen LogP contribution < -0.4 is 14.4 Å². The van der Waals surface area contributed by atoms with E-state index >= 15 is 0 Å². The summed E-state index contributed by atoms with van der Waals surface area (Å²) in [5.74, 6) is 0.553. The lowest BCUT2D eigenvalue weighted by atomic mass is 10.0. The van der Waals surface area contributed by atoms with Gasteiger partial charge in [-0.25, -0.2) is 4.90 Å². The maximum atomic E-state index is 13.8. The number of methoxy groups -OCH3 is 1. The summed E-state index contributed by atoms with van der Waals surface area (Å²) >= 11 is 0. The van der Waals surface area contributed by atoms with E-state index in [1.807, 2.05) is 43.0 Å². The quantitative estimate of drug-likeness (QED) is 0.650. The van der Waals surface area contributed by atoms with E-state index in [-0.39, 0.29) is 17.9 Å². The van der Waals surface area contributed by atoms with Crippen molar-refractivity contribution in [2.24, 2.45) is 0 Å². The van der Waals surface area contributed by atoms with Crippen LogP contribution in [0.2, 0.25) is 0 Å². The molecule has 0 saturated carbocycles. The Kier molecular flexibility index (Phi) is 6.19. The first kappa shape index (κ1) is 21.9. The molecule has 1 fully saturated rings. The Morgan fingerprint density at radius 3 is 2.16 bits per heavy atom. The van der Waals surface area contributed by atoms with Crippen molar-refractivity contribution in [2.75, 3.05) is 45.2 Å². The normalized spacial score (nSPS) is 17.5. The molecular formula is C25H29N3O4. The number of hydrogen-bond donors (Lipinski definition) is 0. The van der Waals surface area contributed by atoms with E-state index in [9.17, 15) is 9.59 Å². The fraction of sp³-hybridized carbons (Fsp3) is 0.360. The van der Waals surface area contributed by atoms with E-state index in [1.54, 1.807) is 31.4 Å². The van der Waals surface area contributed by atoms with Crippen LogP contribution in [0.1, 0.15) is 19.4 Å². The largest absolute Gasteiger partial charge is 0.497 e. The lowest BCUT2D eigenvalue weighted by Crippen LogP contribution is -2.46. The Balaban J connectivity index is 1.80. The van der Waals surface area contributed by atoms with Crippen molar-refractivity contribution in [3.05, 3.63) is 59.8 Å². The van der Waals surface area contributed by atoms with Crippen LogP contribution >= 0.6 is 0 Å². The summed E-state index contributed by atoms with van der Waals surface area (Å²) in [6.45, 7) is 6.86. The molecule has 0 aromatic heterocycles. The number of carbonyl (C=O) groups excluding carboxylic acids is 2. The van der Waals surface area contributed by atoms with Crippen molar-refractivity contribution >= 4 is 23.1 Å². The summed E-state index contributed by atoms with van der Waals surface area (Å²) in [6, 6.07) is 14.5. The van der Waals surface area contributed by atoms with Crippen molar-refractivity contribution in [2.45, 2.75) is 20.0 Å². The fourth-order valence-electron chi connectivity index (χ4n) is 4.07. The molecule has 2 heterocycles. The number of likely N-dealkylation sites (N-methyl/N-ethyl adjacent to an activating group) is 1. The zero-order valence-electron chi connectivity index (χ0n) is 19.0. The molecule has 0 spiro atoms. The zero-order valence-corrected chi connectivity index (χ0v) is 19.0. The average molecular weight is 436 g/mol. The minimum atomic E-state index is -0.339. The maximum absolute atomic E-state index is 13.8. The first-order chi connectivity index (χ1) is 15.4. The highest BCUT2D eigenvalue weighted by atomic mass is 16.5. The Hall–Kier alpha value is -3.32. The zero-order chi connectivity index (χ0) is 22.8. The molecule has 2 aromatic rings. The van der Waals surface area contributed by atoms with Gasteiger partial charge >= 0.3 is 0 Å². The van der Waals surface area contributed by atoms with Gasteiger partial charge in [0.25, 0.3) is 11.8 Å². The molecule has 0 unspecified atom stereocenters. The van der Waals surface area contributed by atoms with Crippen LogP contribution in [0.25, 0.3) is 5.57 Å². The molecule has 7 nitrogen and oxygen atoms in total. The van der Waals surface area contributed by atoms with E-state index in [4.69, 9.17) is 9.47 Å². The van der Waals surface area contributed by atoms with E-state index < -0.39 is 0 Å². The Bertz CT molecular complexity index is 1040. The number of hydrogen-bond acceptors (Lipinski definition) is 6. The van der Waals surface area contributed by atoms with Crippen LogP contribution in [-0.4, -0.2) is 68.1 Å². The number of amides is 2. The van der Waals surface area contributed by atoms with Crippen molar-refractivity contribution in [3.63, 3.8) is 0 Å². The van der Waals surface area contributed by atoms with E-state index in [1.165, 1.54) is 4.90 Å². The van der Waals surface area contributed by atoms with E-state index in [2.05, 4.69) is 11.9 Å². The highest BCUT2D eigenvalue weighted by Crippen LogP contribution is 2.39. The third kappa shape index (κ3) is 4.08. The number of para-hydroxylation sites is 2. The molecule has 0 bridgehead atoms. The van der Waals surface area contributed by atoms with Crippen molar-refractivity contribution in [1.29, 1.82) is 0 Å². The second kappa shape index (κ2) is 9.04. The predicted octanol–water partition coefficient (Wildman–Crippen LogP) is 3.01. The number of benzene rings is 2. The summed E-state index contributed by atoms with van der Waals surface area (Å²) in [5, 5.41) is 0. The van der Waals surface area contributed by atoms with Crippen LogP contribution in [-0.2, 0) is 9.59 Å². The van der Waals surface area contributed by atoms with Gasteiger partial charge in [0, 0.05) is 26.2 Å². The molecule has 2 aromatic carbocycles. The van der Waals surface area contributed by atoms with E-state index in [0.717, 1.165) is 13.1 Å². The number of piperazine rings is 1. The smallest absolute Gasteiger partial charge is 0.282 e. The highest BCUT2D eigenvalue weighted by molar-refractivity contribution is 6.45. The van der Waals surface area contributed by atoms with Gasteiger partial charge in [0.2, 0.25) is 0 Å². The molecule has 0 atom stereocenters. The summed E-state index contributed by atoms with van der Waals surface area (Å²) < 4.78 is 11.2. The summed E-state index contributed by atoms with van der Waals surface area (Å²) in [4.78, 5) is 33.0. The van der Waals surface area contributed by atoms with Gasteiger partial charge < -0.3 is 19.3 Å². The van der Waals surface area contributed by atoms with E-state index in [0.29, 0.717) is 47.1 Å². The maximum Gasteiger partial charge on any atom is 0.282 e. The van der Waals surface area contributed by atoms with Crippen molar-refractivity contribution in [1.82, 2.24) is 9.80 Å². The van der Waals surface area contributed by atoms with Crippen LogP contribution in [0.5, 0.6) is 11.5 Å². The molecule has 32 heavy (non-hydrogen) atoms. The first-order valence-electron chi connectivity index (χ1n) is 10.9. The molecule has 0 radical (unpaired) electrons. The van der Waals surface area contributed by atoms with Gasteiger partial charge in [-0.2, -0.15) is 0 Å². The van der Waals surface area contributed by atoms with Gasteiger partial charge in [-0.1, -0.05) is 24.3 Å². The van der Waals surface area contributed by atoms with Gasteiger partial charge in [0.1, 0.15) is 17.2 Å². The van der Waals surface area contributed by atoms with Crippen LogP contribution in [0, 0.1) is 0 Å². The monoisotopic (exact) mass is 435 g/mol. The first-order valence-corrected chi connectivity index (χ1v) is 10.9. The minimum Gasteiger partial charge on any atom is -0.497 e. The van der Waals surface area contributed by atoms with Gasteiger partial charge in [-0.05, 0) is 50.7 Å². The molecule has 2 amide bonds. The highest BCUT2D eigenvalue weighted by Gasteiger charge is 2.43. The number of ether oxygens (including phenoxy) is 2. The lowest BCUT2D eigenvalue weighted by Gasteiger charge is -2.34. The number of anilines is 1. The average Bonchev–Trinajstić information content (AvgIpc) is 3.04. The van der Waals surface area contributed by atoms with Crippen molar-refractivity contribution in [3.8, 4) is 11.5 Å². The minimum absolute atomic E-state index is 0.0879. The molecule has 2 aliphatic heterocycles. The number of imide groups is 1. The summed E-state index contributed by atoms with van der Waals surface area (Å²) in [7, 11) is 3.66. The fourth-order valence-corrected chi connectivity index (χ4v) is 4.07. The van der Waals surface area contributed by atoms with Gasteiger partial charge in [-0.3, -0.25) is 9.59 Å². The second-order valence-corrected chi connectivity index (χ2v) is 8.32. The second-order valence-electron chi connectivity index (χ2n) is 8.32. The molecule has 4 rings (SSSR count). The molecule has 0 N–H and O–H groups in total. The SMILES string of the molecule is COc1ccc(C2=C(N3CCN(C)CC3)C(=O)N(c3ccccc3OC(C)C)C2=O)cc1. The molecular weight excluding hydrogens is 406 g/mol. The molecule has 1 saturated heterocycles. The Labute approximate surface area is 188 Å². The standard InChI is InChI=1S/C25H29N3O4/c1-17(2)32-21-8-6-5-7-20(21)28-24(29)22(18-9-11-19(31-4)12-10-18)23(25(28)30)27-15-13-26(3)14-16-27/h5-12,17H,13-16H2,1-4H3. The molecule has 168 valence electrons. The topological polar surface area (TPSA) is 62.3 Å². The number of carbonyl (C=O) groups is 2. The number of nitrogens with zero attached hydrogens (tertiary/aromatic N) is 3. The van der Waals surface area contributed by atoms with Crippen LogP contribution in [0.15, 0.2) is 54.2 Å².